The fourth-order valence-electron chi connectivity index (χ4n) is 2.67. The molecular weight excluding hydrogens is 320 g/mol. The van der Waals surface area contributed by atoms with Gasteiger partial charge in [-0.25, -0.2) is 0 Å². The lowest BCUT2D eigenvalue weighted by molar-refractivity contribution is -0.111. The number of aliphatic hydroxyl groups is 1. The van der Waals surface area contributed by atoms with Crippen LogP contribution in [-0.4, -0.2) is 37.1 Å². The molecule has 2 aromatic carbocycles. The molecule has 0 amide bonds. The first-order valence-corrected chi connectivity index (χ1v) is 8.09. The van der Waals surface area contributed by atoms with E-state index in [4.69, 9.17) is 23.1 Å². The van der Waals surface area contributed by atoms with Crippen LogP contribution in [0.25, 0.3) is 0 Å². The Labute approximate surface area is 152 Å². The maximum atomic E-state index is 9.80. The van der Waals surface area contributed by atoms with Crippen molar-refractivity contribution in [3.63, 3.8) is 0 Å². The van der Waals surface area contributed by atoms with Gasteiger partial charge in [0.25, 0.3) is 0 Å². The third kappa shape index (κ3) is 4.19. The molecule has 0 bridgehead atoms. The van der Waals surface area contributed by atoms with Crippen molar-refractivity contribution in [2.75, 3.05) is 20.3 Å². The third-order valence-corrected chi connectivity index (χ3v) is 4.11. The highest BCUT2D eigenvalue weighted by Crippen LogP contribution is 2.38. The largest absolute Gasteiger partial charge is 0.497 e. The van der Waals surface area contributed by atoms with Crippen molar-refractivity contribution in [2.45, 2.75) is 31.5 Å². The normalized spacial score (nSPS) is 28.2. The van der Waals surface area contributed by atoms with Crippen LogP contribution in [0.5, 0.6) is 5.75 Å². The van der Waals surface area contributed by atoms with Gasteiger partial charge in [0.15, 0.2) is 6.29 Å². The van der Waals surface area contributed by atoms with Crippen molar-refractivity contribution >= 4 is 0 Å². The van der Waals surface area contributed by atoms with Crippen LogP contribution in [0.1, 0.15) is 28.4 Å². The first-order valence-electron chi connectivity index (χ1n) is 9.59. The van der Waals surface area contributed by atoms with Crippen LogP contribution in [0, 0.1) is 0 Å². The van der Waals surface area contributed by atoms with Crippen molar-refractivity contribution < 1.29 is 28.2 Å². The molecule has 1 heterocycles. The van der Waals surface area contributed by atoms with Crippen molar-refractivity contribution in [3.05, 3.63) is 65.7 Å². The number of ether oxygens (including phenoxy) is 4. The van der Waals surface area contributed by atoms with Crippen molar-refractivity contribution in [3.8, 4) is 5.75 Å². The summed E-state index contributed by atoms with van der Waals surface area (Å²) in [6, 6.07) is 16.4. The number of methoxy groups -OCH3 is 1. The van der Waals surface area contributed by atoms with E-state index in [0.717, 1.165) is 5.56 Å². The number of hydrogen-bond donors (Lipinski definition) is 1. The van der Waals surface area contributed by atoms with Gasteiger partial charge < -0.3 is 24.1 Å². The molecule has 0 aliphatic carbocycles. The van der Waals surface area contributed by atoms with E-state index in [1.807, 2.05) is 30.3 Å². The van der Waals surface area contributed by atoms with Gasteiger partial charge in [0, 0.05) is 9.68 Å². The Morgan fingerprint density at radius 2 is 1.92 bits per heavy atom. The molecule has 3 atom stereocenters. The average Bonchev–Trinajstić information content (AvgIpc) is 3.09. The molecule has 1 unspecified atom stereocenters. The van der Waals surface area contributed by atoms with Crippen LogP contribution < -0.4 is 4.74 Å². The van der Waals surface area contributed by atoms with Gasteiger partial charge in [-0.1, -0.05) is 42.5 Å². The van der Waals surface area contributed by atoms with Crippen LogP contribution in [0.2, 0.25) is 0 Å². The standard InChI is InChI=1S/C20H24O5/c1-20(14-23-13-15-6-4-3-5-7-15)18(12-21)24-19(25-20)16-8-10-17(22-2)11-9-16/h3-11,18-19,21H,12-14H2,1-2H3/t18-,19?,20+/m1/s1/i1D3. The molecular formula is C20H24O5. The Morgan fingerprint density at radius 1 is 1.16 bits per heavy atom. The first-order chi connectivity index (χ1) is 13.4. The van der Waals surface area contributed by atoms with E-state index in [-0.39, 0.29) is 13.2 Å². The Bertz CT molecular complexity index is 751. The Morgan fingerprint density at radius 3 is 2.56 bits per heavy atom. The lowest BCUT2D eigenvalue weighted by atomic mass is 10.0. The van der Waals surface area contributed by atoms with Crippen LogP contribution >= 0.6 is 0 Å². The zero-order valence-electron chi connectivity index (χ0n) is 17.1. The zero-order chi connectivity index (χ0) is 20.2. The molecule has 5 nitrogen and oxygen atoms in total. The fourth-order valence-corrected chi connectivity index (χ4v) is 2.67. The second-order valence-electron chi connectivity index (χ2n) is 5.90. The van der Waals surface area contributed by atoms with Gasteiger partial charge in [0.05, 0.1) is 26.9 Å². The van der Waals surface area contributed by atoms with E-state index >= 15 is 0 Å². The maximum Gasteiger partial charge on any atom is 0.185 e. The predicted octanol–water partition coefficient (Wildman–Crippen LogP) is 3.08. The van der Waals surface area contributed by atoms with Crippen LogP contribution in [0.15, 0.2) is 54.6 Å². The summed E-state index contributed by atoms with van der Waals surface area (Å²) < 4.78 is 46.6. The van der Waals surface area contributed by atoms with Gasteiger partial charge in [-0.2, -0.15) is 0 Å². The van der Waals surface area contributed by atoms with E-state index in [9.17, 15) is 5.11 Å². The summed E-state index contributed by atoms with van der Waals surface area (Å²) in [6.07, 6.45) is -1.98. The summed E-state index contributed by atoms with van der Waals surface area (Å²) in [5.74, 6) is 0.661. The average molecular weight is 347 g/mol. The minimum absolute atomic E-state index is 0.230. The fraction of sp³-hybridized carbons (Fsp3) is 0.400. The highest BCUT2D eigenvalue weighted by molar-refractivity contribution is 5.28. The summed E-state index contributed by atoms with van der Waals surface area (Å²) in [5, 5.41) is 9.80. The lowest BCUT2D eigenvalue weighted by Crippen LogP contribution is -2.43. The Balaban J connectivity index is 1.79. The molecule has 25 heavy (non-hydrogen) atoms. The Hall–Kier alpha value is -1.92. The van der Waals surface area contributed by atoms with Gasteiger partial charge in [-0.3, -0.25) is 0 Å². The molecule has 1 aliphatic heterocycles. The van der Waals surface area contributed by atoms with Crippen LogP contribution in [0.4, 0.5) is 0 Å². The molecule has 0 aromatic heterocycles. The molecule has 5 heteroatoms. The van der Waals surface area contributed by atoms with E-state index in [2.05, 4.69) is 0 Å². The van der Waals surface area contributed by atoms with Gasteiger partial charge in [0.1, 0.15) is 17.5 Å². The number of aliphatic hydroxyl groups excluding tert-OH is 1. The molecule has 1 saturated heterocycles. The van der Waals surface area contributed by atoms with E-state index in [1.165, 1.54) is 0 Å². The van der Waals surface area contributed by atoms with E-state index in [0.29, 0.717) is 11.3 Å². The highest BCUT2D eigenvalue weighted by Gasteiger charge is 2.46. The minimum Gasteiger partial charge on any atom is -0.497 e. The molecule has 0 radical (unpaired) electrons. The van der Waals surface area contributed by atoms with Crippen molar-refractivity contribution in [1.82, 2.24) is 0 Å². The summed E-state index contributed by atoms with van der Waals surface area (Å²) in [5.41, 5.74) is -0.232. The molecule has 1 fully saturated rings. The second-order valence-corrected chi connectivity index (χ2v) is 5.90. The first kappa shape index (κ1) is 14.3. The van der Waals surface area contributed by atoms with Gasteiger partial charge >= 0.3 is 0 Å². The highest BCUT2D eigenvalue weighted by atomic mass is 16.7. The number of hydrogen-bond acceptors (Lipinski definition) is 5. The summed E-state index contributed by atoms with van der Waals surface area (Å²) in [6.45, 7) is -3.07. The predicted molar refractivity (Wildman–Crippen MR) is 93.3 cm³/mol. The third-order valence-electron chi connectivity index (χ3n) is 4.11. The van der Waals surface area contributed by atoms with Crippen LogP contribution in [0.3, 0.4) is 0 Å². The topological polar surface area (TPSA) is 57.2 Å². The zero-order valence-corrected chi connectivity index (χ0v) is 14.1. The Kier molecular flexibility index (Phi) is 4.55. The van der Waals surface area contributed by atoms with E-state index in [1.54, 1.807) is 31.4 Å². The second kappa shape index (κ2) is 7.97. The lowest BCUT2D eigenvalue weighted by Gasteiger charge is -2.27. The molecule has 3 rings (SSSR count). The summed E-state index contributed by atoms with van der Waals surface area (Å²) in [7, 11) is 1.56. The molecule has 1 aliphatic rings. The van der Waals surface area contributed by atoms with Crippen LogP contribution in [-0.2, 0) is 20.8 Å². The summed E-state index contributed by atoms with van der Waals surface area (Å²) in [4.78, 5) is 0. The smallest absolute Gasteiger partial charge is 0.185 e. The number of benzene rings is 2. The monoisotopic (exact) mass is 347 g/mol. The molecule has 134 valence electrons. The van der Waals surface area contributed by atoms with Gasteiger partial charge in [-0.05, 0) is 24.5 Å². The number of rotatable bonds is 7. The molecule has 0 spiro atoms. The SMILES string of the molecule is [2H]C([2H])([2H])[C@@]1(COCc2ccccc2)OC(c2ccc(OC)cc2)O[C@@H]1CO. The minimum atomic E-state index is -2.56. The van der Waals surface area contributed by atoms with Crippen molar-refractivity contribution in [2.24, 2.45) is 0 Å². The quantitative estimate of drug-likeness (QED) is 0.834. The summed E-state index contributed by atoms with van der Waals surface area (Å²) >= 11 is 0. The van der Waals surface area contributed by atoms with E-state index < -0.39 is 31.5 Å². The molecule has 1 N–H and O–H groups in total. The van der Waals surface area contributed by atoms with Gasteiger partial charge in [-0.15, -0.1) is 0 Å². The molecule has 2 aromatic rings. The maximum absolute atomic E-state index is 9.80. The van der Waals surface area contributed by atoms with Gasteiger partial charge in [0.2, 0.25) is 0 Å². The van der Waals surface area contributed by atoms with Crippen molar-refractivity contribution in [1.29, 1.82) is 0 Å². The molecule has 0 saturated carbocycles.